The zero-order chi connectivity index (χ0) is 12.5. The molecule has 0 radical (unpaired) electrons. The van der Waals surface area contributed by atoms with Gasteiger partial charge >= 0.3 is 5.76 Å². The Hall–Kier alpha value is -1.37. The summed E-state index contributed by atoms with van der Waals surface area (Å²) >= 11 is 0. The summed E-state index contributed by atoms with van der Waals surface area (Å²) in [4.78, 5) is 0. The van der Waals surface area contributed by atoms with Gasteiger partial charge in [-0.2, -0.15) is 8.78 Å². The van der Waals surface area contributed by atoms with E-state index in [9.17, 15) is 17.2 Å². The van der Waals surface area contributed by atoms with Crippen molar-refractivity contribution in [3.63, 3.8) is 0 Å². The van der Waals surface area contributed by atoms with E-state index in [1.165, 1.54) is 6.07 Å². The monoisotopic (exact) mass is 262 g/mol. The maximum absolute atomic E-state index is 12.3. The molecule has 94 valence electrons. The number of halogens is 2. The first-order valence-electron chi connectivity index (χ1n) is 5.16. The van der Waals surface area contributed by atoms with Gasteiger partial charge in [-0.3, -0.25) is 4.72 Å². The molecule has 1 aromatic rings. The molecule has 0 aliphatic carbocycles. The van der Waals surface area contributed by atoms with Crippen LogP contribution in [0.2, 0.25) is 0 Å². The minimum atomic E-state index is -4.60. The summed E-state index contributed by atoms with van der Waals surface area (Å²) in [6.07, 6.45) is 1.52. The number of hydrogen-bond donors (Lipinski definition) is 2. The minimum absolute atomic E-state index is 0.231. The Morgan fingerprint density at radius 3 is 2.82 bits per heavy atom. The van der Waals surface area contributed by atoms with E-state index in [0.29, 0.717) is 6.42 Å². The van der Waals surface area contributed by atoms with Crippen LogP contribution in [0.1, 0.15) is 12.0 Å². The molecule has 1 aliphatic rings. The topological polar surface area (TPSA) is 58.2 Å². The van der Waals surface area contributed by atoms with Gasteiger partial charge in [-0.15, -0.1) is 0 Å². The van der Waals surface area contributed by atoms with Crippen LogP contribution in [0.5, 0.6) is 0 Å². The zero-order valence-electron chi connectivity index (χ0n) is 8.91. The number of anilines is 2. The normalized spacial score (nSPS) is 15.2. The van der Waals surface area contributed by atoms with Crippen LogP contribution in [0.25, 0.3) is 0 Å². The molecule has 7 heteroatoms. The maximum atomic E-state index is 12.3. The number of fused-ring (bicyclic) bond motifs is 1. The van der Waals surface area contributed by atoms with Crippen LogP contribution in [0.4, 0.5) is 20.2 Å². The Kier molecular flexibility index (Phi) is 3.19. The highest BCUT2D eigenvalue weighted by atomic mass is 32.2. The Morgan fingerprint density at radius 2 is 2.12 bits per heavy atom. The molecule has 1 heterocycles. The number of rotatable bonds is 3. The van der Waals surface area contributed by atoms with E-state index in [1.54, 1.807) is 12.1 Å². The fourth-order valence-corrected chi connectivity index (χ4v) is 2.39. The molecule has 0 spiro atoms. The molecule has 0 fully saturated rings. The summed E-state index contributed by atoms with van der Waals surface area (Å²) in [5.74, 6) is -3.42. The molecule has 2 N–H and O–H groups in total. The summed E-state index contributed by atoms with van der Waals surface area (Å²) in [5.41, 5.74) is 1.77. The maximum Gasteiger partial charge on any atom is 0.355 e. The molecule has 0 amide bonds. The molecule has 0 unspecified atom stereocenters. The Bertz CT molecular complexity index is 517. The number of sulfonamides is 1. The van der Waals surface area contributed by atoms with Gasteiger partial charge in [-0.25, -0.2) is 8.42 Å². The molecule has 2 rings (SSSR count). The third kappa shape index (κ3) is 2.49. The molecule has 0 aromatic heterocycles. The number of alkyl halides is 2. The highest BCUT2D eigenvalue weighted by Crippen LogP contribution is 2.30. The van der Waals surface area contributed by atoms with Crippen LogP contribution in [0.3, 0.4) is 0 Å². The standard InChI is InChI=1S/C10H12F2N2O2S/c11-10(12)17(15,16)14-9-5-1-4-8-7(9)3-2-6-13-8/h1,4-5,10,13-14H,2-3,6H2. The summed E-state index contributed by atoms with van der Waals surface area (Å²) in [6, 6.07) is 4.92. The van der Waals surface area contributed by atoms with Crippen molar-refractivity contribution < 1.29 is 17.2 Å². The lowest BCUT2D eigenvalue weighted by Crippen LogP contribution is -2.22. The van der Waals surface area contributed by atoms with Crippen LogP contribution in [0.15, 0.2) is 18.2 Å². The smallest absolute Gasteiger partial charge is 0.355 e. The van der Waals surface area contributed by atoms with Crippen LogP contribution >= 0.6 is 0 Å². The first kappa shape index (κ1) is 12.1. The Labute approximate surface area is 98.1 Å². The second-order valence-electron chi connectivity index (χ2n) is 3.77. The number of hydrogen-bond acceptors (Lipinski definition) is 3. The molecule has 1 aliphatic heterocycles. The number of nitrogens with one attached hydrogen (secondary N) is 2. The lowest BCUT2D eigenvalue weighted by molar-refractivity contribution is 0.236. The molecule has 1 aromatic carbocycles. The largest absolute Gasteiger partial charge is 0.385 e. The van der Waals surface area contributed by atoms with Crippen molar-refractivity contribution in [1.29, 1.82) is 0 Å². The molecule has 17 heavy (non-hydrogen) atoms. The first-order chi connectivity index (χ1) is 8.00. The van der Waals surface area contributed by atoms with E-state index >= 15 is 0 Å². The summed E-state index contributed by atoms with van der Waals surface area (Å²) in [6.45, 7) is 0.804. The Balaban J connectivity index is 2.34. The minimum Gasteiger partial charge on any atom is -0.385 e. The predicted molar refractivity (Wildman–Crippen MR) is 61.8 cm³/mol. The van der Waals surface area contributed by atoms with E-state index < -0.39 is 15.8 Å². The van der Waals surface area contributed by atoms with Gasteiger partial charge in [0.05, 0.1) is 5.69 Å². The van der Waals surface area contributed by atoms with E-state index in [1.807, 2.05) is 4.72 Å². The number of benzene rings is 1. The van der Waals surface area contributed by atoms with Gasteiger partial charge < -0.3 is 5.32 Å². The summed E-state index contributed by atoms with van der Waals surface area (Å²) < 4.78 is 48.7. The van der Waals surface area contributed by atoms with Gasteiger partial charge in [0.15, 0.2) is 0 Å². The van der Waals surface area contributed by atoms with Crippen LogP contribution in [0, 0.1) is 0 Å². The van der Waals surface area contributed by atoms with E-state index in [0.717, 1.165) is 24.2 Å². The van der Waals surface area contributed by atoms with Crippen molar-refractivity contribution in [1.82, 2.24) is 0 Å². The predicted octanol–water partition coefficient (Wildman–Crippen LogP) is 2.01. The average Bonchev–Trinajstić information content (AvgIpc) is 2.29. The molecular weight excluding hydrogens is 250 g/mol. The highest BCUT2D eigenvalue weighted by Gasteiger charge is 2.25. The fraction of sp³-hybridized carbons (Fsp3) is 0.400. The SMILES string of the molecule is O=S(=O)(Nc1cccc2c1CCCN2)C(F)F. The van der Waals surface area contributed by atoms with Gasteiger partial charge in [0.1, 0.15) is 0 Å². The van der Waals surface area contributed by atoms with E-state index in [-0.39, 0.29) is 5.69 Å². The quantitative estimate of drug-likeness (QED) is 0.876. The van der Waals surface area contributed by atoms with Crippen molar-refractivity contribution >= 4 is 21.4 Å². The van der Waals surface area contributed by atoms with Crippen molar-refractivity contribution in [2.24, 2.45) is 0 Å². The average molecular weight is 262 g/mol. The first-order valence-corrected chi connectivity index (χ1v) is 6.71. The lowest BCUT2D eigenvalue weighted by atomic mass is 10.0. The van der Waals surface area contributed by atoms with Gasteiger partial charge in [0.25, 0.3) is 10.0 Å². The molecule has 0 bridgehead atoms. The van der Waals surface area contributed by atoms with Crippen LogP contribution in [-0.2, 0) is 16.4 Å². The molecular formula is C10H12F2N2O2S. The Morgan fingerprint density at radius 1 is 1.35 bits per heavy atom. The second kappa shape index (κ2) is 4.48. The van der Waals surface area contributed by atoms with Gasteiger partial charge in [0, 0.05) is 12.2 Å². The van der Waals surface area contributed by atoms with E-state index in [2.05, 4.69) is 5.32 Å². The molecule has 0 saturated carbocycles. The van der Waals surface area contributed by atoms with Crippen LogP contribution in [-0.4, -0.2) is 20.7 Å². The van der Waals surface area contributed by atoms with Gasteiger partial charge in [-0.05, 0) is 30.5 Å². The van der Waals surface area contributed by atoms with Crippen molar-refractivity contribution in [2.45, 2.75) is 18.6 Å². The van der Waals surface area contributed by atoms with Crippen molar-refractivity contribution in [2.75, 3.05) is 16.6 Å². The molecule has 4 nitrogen and oxygen atoms in total. The van der Waals surface area contributed by atoms with Crippen LogP contribution < -0.4 is 10.0 Å². The molecule has 0 atom stereocenters. The lowest BCUT2D eigenvalue weighted by Gasteiger charge is -2.21. The fourth-order valence-electron chi connectivity index (χ4n) is 1.80. The van der Waals surface area contributed by atoms with Crippen molar-refractivity contribution in [3.8, 4) is 0 Å². The van der Waals surface area contributed by atoms with Gasteiger partial charge in [-0.1, -0.05) is 6.07 Å². The van der Waals surface area contributed by atoms with Gasteiger partial charge in [0.2, 0.25) is 0 Å². The highest BCUT2D eigenvalue weighted by molar-refractivity contribution is 7.93. The van der Waals surface area contributed by atoms with Crippen molar-refractivity contribution in [3.05, 3.63) is 23.8 Å². The third-order valence-electron chi connectivity index (χ3n) is 2.58. The van der Waals surface area contributed by atoms with E-state index in [4.69, 9.17) is 0 Å². The summed E-state index contributed by atoms with van der Waals surface area (Å²) in [5, 5.41) is 3.10. The third-order valence-corrected chi connectivity index (χ3v) is 3.56. The molecule has 0 saturated heterocycles. The summed E-state index contributed by atoms with van der Waals surface area (Å²) in [7, 11) is -4.60. The second-order valence-corrected chi connectivity index (χ2v) is 5.42. The zero-order valence-corrected chi connectivity index (χ0v) is 9.73.